The molecule has 0 amide bonds. The maximum absolute atomic E-state index is 13.8. The molecule has 11 atom stereocenters. The number of ketones is 2. The molecular formula is C34H49NO7. The van der Waals surface area contributed by atoms with E-state index in [0.29, 0.717) is 18.3 Å². The Labute approximate surface area is 250 Å². The van der Waals surface area contributed by atoms with Gasteiger partial charge in [0.15, 0.2) is 11.6 Å². The topological polar surface area (TPSA) is 110 Å². The molecule has 8 nitrogen and oxygen atoms in total. The van der Waals surface area contributed by atoms with Gasteiger partial charge in [-0.1, -0.05) is 40.3 Å². The first kappa shape index (κ1) is 31.1. The fourth-order valence-corrected chi connectivity index (χ4v) is 10.5. The molecule has 2 spiro atoms. The Morgan fingerprint density at radius 2 is 1.86 bits per heavy atom. The third kappa shape index (κ3) is 4.37. The Hall–Kier alpha value is -2.32. The van der Waals surface area contributed by atoms with Crippen molar-refractivity contribution in [1.29, 1.82) is 0 Å². The van der Waals surface area contributed by atoms with Crippen LogP contribution in [0.5, 0.6) is 0 Å². The van der Waals surface area contributed by atoms with Crippen LogP contribution in [0, 0.1) is 51.2 Å². The van der Waals surface area contributed by atoms with Gasteiger partial charge in [-0.3, -0.25) is 24.1 Å². The maximum Gasteiger partial charge on any atom is 0.320 e. The van der Waals surface area contributed by atoms with Crippen LogP contribution < -0.4 is 0 Å². The molecule has 1 unspecified atom stereocenters. The second-order valence-electron chi connectivity index (χ2n) is 15.0. The Morgan fingerprint density at radius 1 is 1.17 bits per heavy atom. The quantitative estimate of drug-likeness (QED) is 0.319. The minimum absolute atomic E-state index is 0.000717. The van der Waals surface area contributed by atoms with Crippen molar-refractivity contribution in [3.63, 3.8) is 0 Å². The van der Waals surface area contributed by atoms with Crippen molar-refractivity contribution in [1.82, 2.24) is 4.90 Å². The molecule has 0 saturated heterocycles. The molecule has 0 heterocycles. The molecule has 0 bridgehead atoms. The van der Waals surface area contributed by atoms with Crippen molar-refractivity contribution in [2.45, 2.75) is 85.4 Å². The van der Waals surface area contributed by atoms with Gasteiger partial charge in [0.1, 0.15) is 12.2 Å². The van der Waals surface area contributed by atoms with Gasteiger partial charge in [0.05, 0.1) is 13.2 Å². The molecule has 0 aromatic heterocycles. The van der Waals surface area contributed by atoms with Crippen LogP contribution in [-0.2, 0) is 28.7 Å². The standard InChI is InChI=1S/C34H49NO7/c1-19(17-41-27(38)16-35(7)8)20(2)29(39)30(40)28-25(42-22(4)36)15-32(6)26-10-9-23-21(3)24(37)11-12-33(23)18-34(26,33)14-13-31(28,32)5/h11-12,19,21,23,25-26,28,30,40H,2,9-10,13-18H2,1,3-8H3/t19-,21-,23-,25-,26-,28?,30+,31+,32-,33+,34-/m0/s1. The highest BCUT2D eigenvalue weighted by atomic mass is 16.5. The zero-order valence-corrected chi connectivity index (χ0v) is 26.4. The average Bonchev–Trinajstić information content (AvgIpc) is 3.52. The van der Waals surface area contributed by atoms with Crippen LogP contribution in [0.2, 0.25) is 0 Å². The molecule has 0 aromatic carbocycles. The number of likely N-dealkylation sites (N-methyl/N-ethyl adjacent to an activating group) is 1. The van der Waals surface area contributed by atoms with Crippen molar-refractivity contribution in [3.8, 4) is 0 Å². The summed E-state index contributed by atoms with van der Waals surface area (Å²) >= 11 is 0. The lowest BCUT2D eigenvalue weighted by Gasteiger charge is -2.60. The van der Waals surface area contributed by atoms with E-state index in [0.717, 1.165) is 32.1 Å². The number of hydrogen-bond donors (Lipinski definition) is 1. The number of Topliss-reactive ketones (excluding diaryl/α,β-unsaturated/α-hetero) is 1. The fourth-order valence-electron chi connectivity index (χ4n) is 10.5. The van der Waals surface area contributed by atoms with Gasteiger partial charge in [-0.2, -0.15) is 0 Å². The molecular weight excluding hydrogens is 534 g/mol. The maximum atomic E-state index is 13.8. The van der Waals surface area contributed by atoms with E-state index >= 15 is 0 Å². The summed E-state index contributed by atoms with van der Waals surface area (Å²) in [7, 11) is 3.54. The summed E-state index contributed by atoms with van der Waals surface area (Å²) < 4.78 is 11.3. The second-order valence-corrected chi connectivity index (χ2v) is 15.0. The smallest absolute Gasteiger partial charge is 0.320 e. The highest BCUT2D eigenvalue weighted by molar-refractivity contribution is 5.99. The molecule has 5 rings (SSSR count). The van der Waals surface area contributed by atoms with Crippen LogP contribution >= 0.6 is 0 Å². The van der Waals surface area contributed by atoms with E-state index in [-0.39, 0.29) is 46.7 Å². The zero-order chi connectivity index (χ0) is 31.0. The van der Waals surface area contributed by atoms with E-state index in [1.54, 1.807) is 25.9 Å². The van der Waals surface area contributed by atoms with Gasteiger partial charge in [0.2, 0.25) is 0 Å². The predicted molar refractivity (Wildman–Crippen MR) is 157 cm³/mol. The van der Waals surface area contributed by atoms with E-state index in [1.165, 1.54) is 6.92 Å². The number of esters is 2. The molecule has 8 heteroatoms. The molecule has 5 aliphatic carbocycles. The van der Waals surface area contributed by atoms with Crippen LogP contribution in [0.4, 0.5) is 0 Å². The molecule has 4 saturated carbocycles. The lowest BCUT2D eigenvalue weighted by Crippen LogP contribution is -2.56. The molecule has 0 aromatic rings. The summed E-state index contributed by atoms with van der Waals surface area (Å²) in [4.78, 5) is 52.4. The van der Waals surface area contributed by atoms with Gasteiger partial charge in [0, 0.05) is 24.7 Å². The second kappa shape index (κ2) is 10.4. The van der Waals surface area contributed by atoms with Crippen LogP contribution in [0.1, 0.15) is 73.1 Å². The van der Waals surface area contributed by atoms with Crippen molar-refractivity contribution in [2.75, 3.05) is 27.2 Å². The van der Waals surface area contributed by atoms with Crippen molar-refractivity contribution < 1.29 is 33.8 Å². The van der Waals surface area contributed by atoms with Gasteiger partial charge in [-0.15, -0.1) is 0 Å². The lowest BCUT2D eigenvalue weighted by molar-refractivity contribution is -0.159. The number of nitrogens with zero attached hydrogens (tertiary/aromatic N) is 1. The first-order valence-electron chi connectivity index (χ1n) is 15.7. The van der Waals surface area contributed by atoms with Gasteiger partial charge in [-0.05, 0) is 97.8 Å². The molecule has 4 fully saturated rings. The Morgan fingerprint density at radius 3 is 2.50 bits per heavy atom. The monoisotopic (exact) mass is 583 g/mol. The summed E-state index contributed by atoms with van der Waals surface area (Å²) in [5.41, 5.74) is -0.353. The summed E-state index contributed by atoms with van der Waals surface area (Å²) in [6, 6.07) is 0. The number of ether oxygens (including phenoxy) is 2. The molecule has 42 heavy (non-hydrogen) atoms. The third-order valence-electron chi connectivity index (χ3n) is 12.8. The van der Waals surface area contributed by atoms with Gasteiger partial charge < -0.3 is 14.6 Å². The first-order chi connectivity index (χ1) is 19.5. The largest absolute Gasteiger partial charge is 0.464 e. The molecule has 1 N–H and O–H groups in total. The Balaban J connectivity index is 1.40. The summed E-state index contributed by atoms with van der Waals surface area (Å²) in [6.45, 7) is 13.8. The number of carbonyl (C=O) groups is 4. The van der Waals surface area contributed by atoms with Crippen molar-refractivity contribution in [3.05, 3.63) is 24.3 Å². The number of hydrogen-bond acceptors (Lipinski definition) is 8. The minimum Gasteiger partial charge on any atom is -0.464 e. The van der Waals surface area contributed by atoms with E-state index in [9.17, 15) is 24.3 Å². The third-order valence-corrected chi connectivity index (χ3v) is 12.8. The SMILES string of the molecule is C=C(C(=O)[C@H](O)C1[C@@H](OC(C)=O)C[C@@]2(C)[C@@H]3CC[C@H]4[C@H](C)C(=O)C=C[C@@]45C[C@@]35CC[C@]12C)[C@@H](C)COC(=O)CN(C)C. The minimum atomic E-state index is -1.39. The number of aliphatic hydroxyl groups is 1. The first-order valence-corrected chi connectivity index (χ1v) is 15.7. The summed E-state index contributed by atoms with van der Waals surface area (Å²) in [5.74, 6) is -1.35. The molecule has 0 aliphatic heterocycles. The van der Waals surface area contributed by atoms with Gasteiger partial charge in [-0.25, -0.2) is 0 Å². The lowest BCUT2D eigenvalue weighted by atomic mass is 9.43. The van der Waals surface area contributed by atoms with Crippen LogP contribution in [-0.4, -0.2) is 73.0 Å². The van der Waals surface area contributed by atoms with Crippen LogP contribution in [0.3, 0.4) is 0 Å². The number of fused-ring (bicyclic) bond motifs is 2. The Kier molecular flexibility index (Phi) is 7.70. The Bertz CT molecular complexity index is 1220. The number of carbonyl (C=O) groups excluding carboxylic acids is 4. The number of allylic oxidation sites excluding steroid dienone is 2. The highest BCUT2D eigenvalue weighted by Crippen LogP contribution is 2.87. The average molecular weight is 584 g/mol. The van der Waals surface area contributed by atoms with Crippen LogP contribution in [0.15, 0.2) is 24.3 Å². The van der Waals surface area contributed by atoms with E-state index in [4.69, 9.17) is 9.47 Å². The summed E-state index contributed by atoms with van der Waals surface area (Å²) in [5, 5.41) is 11.8. The number of rotatable bonds is 9. The van der Waals surface area contributed by atoms with Crippen molar-refractivity contribution in [2.24, 2.45) is 51.2 Å². The normalized spacial score (nSPS) is 42.9. The van der Waals surface area contributed by atoms with E-state index < -0.39 is 47.2 Å². The zero-order valence-electron chi connectivity index (χ0n) is 26.4. The van der Waals surface area contributed by atoms with Crippen LogP contribution in [0.25, 0.3) is 0 Å². The summed E-state index contributed by atoms with van der Waals surface area (Å²) in [6.07, 6.45) is 7.49. The fraction of sp³-hybridized carbons (Fsp3) is 0.765. The van der Waals surface area contributed by atoms with Gasteiger partial charge in [0.25, 0.3) is 0 Å². The van der Waals surface area contributed by atoms with E-state index in [1.807, 2.05) is 6.08 Å². The molecule has 0 radical (unpaired) electrons. The highest BCUT2D eigenvalue weighted by Gasteiger charge is 2.82. The van der Waals surface area contributed by atoms with Gasteiger partial charge >= 0.3 is 11.9 Å². The molecule has 232 valence electrons. The molecule has 5 aliphatic rings. The van der Waals surface area contributed by atoms with E-state index in [2.05, 4.69) is 33.4 Å². The predicted octanol–water partition coefficient (Wildman–Crippen LogP) is 4.15. The number of aliphatic hydroxyl groups excluding tert-OH is 1. The van der Waals surface area contributed by atoms with Crippen molar-refractivity contribution >= 4 is 23.5 Å².